The summed E-state index contributed by atoms with van der Waals surface area (Å²) in [6.07, 6.45) is 0. The maximum absolute atomic E-state index is 15.2. The third kappa shape index (κ3) is 5.11. The molecular formula is C42H30F2N4O5. The summed E-state index contributed by atoms with van der Waals surface area (Å²) < 4.78 is 62.9. The van der Waals surface area contributed by atoms with Gasteiger partial charge in [-0.05, 0) is 109 Å². The van der Waals surface area contributed by atoms with E-state index in [0.717, 1.165) is 43.6 Å². The van der Waals surface area contributed by atoms with Crippen molar-refractivity contribution in [3.63, 3.8) is 0 Å². The van der Waals surface area contributed by atoms with E-state index in [-0.39, 0.29) is 11.8 Å². The number of hydrogen-bond donors (Lipinski definition) is 0. The average Bonchev–Trinajstić information content (AvgIpc) is 3.89. The predicted octanol–water partition coefficient (Wildman–Crippen LogP) is 9.91. The molecule has 0 fully saturated rings. The number of hydrogen-bond acceptors (Lipinski definition) is 7. The third-order valence-corrected chi connectivity index (χ3v) is 9.65. The molecule has 0 bridgehead atoms. The molecular weight excluding hydrogens is 678 g/mol. The molecule has 3 heterocycles. The molecule has 0 spiro atoms. The van der Waals surface area contributed by atoms with Gasteiger partial charge in [0.1, 0.15) is 34.6 Å². The lowest BCUT2D eigenvalue weighted by atomic mass is 10.1. The molecule has 53 heavy (non-hydrogen) atoms. The minimum Gasteiger partial charge on any atom is -0.497 e. The van der Waals surface area contributed by atoms with Gasteiger partial charge in [0.2, 0.25) is 11.8 Å². The van der Waals surface area contributed by atoms with Crippen molar-refractivity contribution in [2.24, 2.45) is 0 Å². The van der Waals surface area contributed by atoms with Gasteiger partial charge >= 0.3 is 0 Å². The van der Waals surface area contributed by atoms with Crippen molar-refractivity contribution < 1.29 is 32.1 Å². The second-order valence-electron chi connectivity index (χ2n) is 12.4. The van der Waals surface area contributed by atoms with Gasteiger partial charge in [0.25, 0.3) is 0 Å². The van der Waals surface area contributed by atoms with Crippen LogP contribution in [0.1, 0.15) is 0 Å². The van der Waals surface area contributed by atoms with E-state index in [2.05, 4.69) is 10.2 Å². The molecule has 0 amide bonds. The van der Waals surface area contributed by atoms with Crippen LogP contribution < -0.4 is 18.9 Å². The largest absolute Gasteiger partial charge is 0.497 e. The standard InChI is InChI=1S/C42H30F2N4O5/c1-49-25-7-13-35-31(19-25)32-20-26(50-2)8-14-36(32)47(35)39-17-23(43)5-11-29(39)41-45-46-42(53-41)30-12-6-24(44)18-40(30)48-37-15-9-27(51-3)21-33(37)34-22-28(52-4)10-16-38(34)48/h5-22H,1-4H3. The van der Waals surface area contributed by atoms with Gasteiger partial charge in [-0.3, -0.25) is 0 Å². The van der Waals surface area contributed by atoms with Gasteiger partial charge in [-0.1, -0.05) is 0 Å². The first-order valence-electron chi connectivity index (χ1n) is 16.7. The van der Waals surface area contributed by atoms with E-state index in [1.54, 1.807) is 40.6 Å². The van der Waals surface area contributed by atoms with Crippen LogP contribution in [0.15, 0.2) is 114 Å². The zero-order valence-corrected chi connectivity index (χ0v) is 29.0. The summed E-state index contributed by atoms with van der Waals surface area (Å²) in [5.74, 6) is 2.13. The van der Waals surface area contributed by atoms with Crippen molar-refractivity contribution >= 4 is 43.6 Å². The van der Waals surface area contributed by atoms with Gasteiger partial charge in [0.15, 0.2) is 0 Å². The van der Waals surface area contributed by atoms with Crippen molar-refractivity contribution in [3.8, 4) is 57.3 Å². The summed E-state index contributed by atoms with van der Waals surface area (Å²) in [6.45, 7) is 0. The smallest absolute Gasteiger partial charge is 0.250 e. The molecule has 11 heteroatoms. The summed E-state index contributed by atoms with van der Waals surface area (Å²) in [4.78, 5) is 0. The number of fused-ring (bicyclic) bond motifs is 6. The maximum atomic E-state index is 15.2. The van der Waals surface area contributed by atoms with E-state index in [1.807, 2.05) is 81.9 Å². The number of benzene rings is 6. The maximum Gasteiger partial charge on any atom is 0.250 e. The summed E-state index contributed by atoms with van der Waals surface area (Å²) in [5.41, 5.74) is 5.19. The van der Waals surface area contributed by atoms with Gasteiger partial charge in [-0.25, -0.2) is 8.78 Å². The molecule has 262 valence electrons. The van der Waals surface area contributed by atoms with Crippen molar-refractivity contribution in [3.05, 3.63) is 121 Å². The van der Waals surface area contributed by atoms with Crippen LogP contribution in [0, 0.1) is 11.6 Å². The number of ether oxygens (including phenoxy) is 4. The normalized spacial score (nSPS) is 11.6. The molecule has 9 nitrogen and oxygen atoms in total. The van der Waals surface area contributed by atoms with Crippen LogP contribution in [0.4, 0.5) is 8.78 Å². The van der Waals surface area contributed by atoms with Crippen LogP contribution in [0.3, 0.4) is 0 Å². The summed E-state index contributed by atoms with van der Waals surface area (Å²) in [6, 6.07) is 31.7. The third-order valence-electron chi connectivity index (χ3n) is 9.65. The first-order chi connectivity index (χ1) is 25.9. The zero-order chi connectivity index (χ0) is 36.4. The fourth-order valence-electron chi connectivity index (χ4n) is 7.17. The van der Waals surface area contributed by atoms with Crippen LogP contribution in [-0.4, -0.2) is 47.8 Å². The number of halogens is 2. The number of aromatic nitrogens is 4. The Morgan fingerprint density at radius 3 is 1.06 bits per heavy atom. The first-order valence-corrected chi connectivity index (χ1v) is 16.7. The molecule has 9 rings (SSSR count). The van der Waals surface area contributed by atoms with E-state index in [1.165, 1.54) is 24.3 Å². The van der Waals surface area contributed by atoms with Gasteiger partial charge in [0.05, 0.1) is 73.0 Å². The molecule has 0 saturated heterocycles. The second kappa shape index (κ2) is 12.4. The van der Waals surface area contributed by atoms with Crippen LogP contribution >= 0.6 is 0 Å². The summed E-state index contributed by atoms with van der Waals surface area (Å²) in [5, 5.41) is 12.5. The second-order valence-corrected chi connectivity index (χ2v) is 12.4. The van der Waals surface area contributed by atoms with Crippen molar-refractivity contribution in [2.75, 3.05) is 28.4 Å². The highest BCUT2D eigenvalue weighted by atomic mass is 19.1. The highest BCUT2D eigenvalue weighted by Gasteiger charge is 2.24. The van der Waals surface area contributed by atoms with Gasteiger partial charge in [0, 0.05) is 21.5 Å². The Morgan fingerprint density at radius 1 is 0.434 bits per heavy atom. The Morgan fingerprint density at radius 2 is 0.755 bits per heavy atom. The van der Waals surface area contributed by atoms with Crippen LogP contribution in [0.25, 0.3) is 77.9 Å². The molecule has 0 aliphatic heterocycles. The van der Waals surface area contributed by atoms with E-state index < -0.39 is 11.6 Å². The minimum atomic E-state index is -0.444. The fraction of sp³-hybridized carbons (Fsp3) is 0.0952. The molecule has 0 aliphatic rings. The molecule has 6 aromatic carbocycles. The van der Waals surface area contributed by atoms with E-state index >= 15 is 8.78 Å². The number of nitrogens with zero attached hydrogens (tertiary/aromatic N) is 4. The lowest BCUT2D eigenvalue weighted by molar-refractivity contribution is 0.415. The fourth-order valence-corrected chi connectivity index (χ4v) is 7.17. The number of methoxy groups -OCH3 is 4. The predicted molar refractivity (Wildman–Crippen MR) is 200 cm³/mol. The summed E-state index contributed by atoms with van der Waals surface area (Å²) >= 11 is 0. The molecule has 0 unspecified atom stereocenters. The molecule has 9 aromatic rings. The number of rotatable bonds is 8. The molecule has 0 radical (unpaired) electrons. The van der Waals surface area contributed by atoms with Crippen molar-refractivity contribution in [1.29, 1.82) is 0 Å². The Bertz CT molecular complexity index is 2580. The Labute approximate surface area is 301 Å². The molecule has 0 saturated carbocycles. The van der Waals surface area contributed by atoms with Crippen LogP contribution in [0.2, 0.25) is 0 Å². The Kier molecular flexibility index (Phi) is 7.51. The van der Waals surface area contributed by atoms with Gasteiger partial charge in [-0.15, -0.1) is 10.2 Å². The molecule has 0 atom stereocenters. The molecule has 0 aliphatic carbocycles. The minimum absolute atomic E-state index is 0.152. The van der Waals surface area contributed by atoms with E-state index in [0.29, 0.717) is 45.5 Å². The zero-order valence-electron chi connectivity index (χ0n) is 29.0. The Hall–Kier alpha value is -6.88. The van der Waals surface area contributed by atoms with Crippen LogP contribution in [0.5, 0.6) is 23.0 Å². The van der Waals surface area contributed by atoms with Crippen molar-refractivity contribution in [1.82, 2.24) is 19.3 Å². The average molecular weight is 709 g/mol. The molecule has 0 N–H and O–H groups in total. The summed E-state index contributed by atoms with van der Waals surface area (Å²) in [7, 11) is 6.45. The highest BCUT2D eigenvalue weighted by molar-refractivity contribution is 6.11. The quantitative estimate of drug-likeness (QED) is 0.155. The van der Waals surface area contributed by atoms with E-state index in [4.69, 9.17) is 23.4 Å². The van der Waals surface area contributed by atoms with Gasteiger partial charge in [-0.2, -0.15) is 0 Å². The highest BCUT2D eigenvalue weighted by Crippen LogP contribution is 2.42. The van der Waals surface area contributed by atoms with Gasteiger partial charge < -0.3 is 32.5 Å². The van der Waals surface area contributed by atoms with Crippen LogP contribution in [-0.2, 0) is 0 Å². The molecule has 3 aromatic heterocycles. The lowest BCUT2D eigenvalue weighted by Gasteiger charge is -2.13. The SMILES string of the molecule is COc1ccc2c(c1)c1cc(OC)ccc1n2-c1cc(F)ccc1-c1nnc(-c2ccc(F)cc2-n2c3ccc(OC)cc3c3cc(OC)ccc32)o1. The van der Waals surface area contributed by atoms with Crippen molar-refractivity contribution in [2.45, 2.75) is 0 Å². The Balaban J connectivity index is 1.24. The topological polar surface area (TPSA) is 85.7 Å². The monoisotopic (exact) mass is 708 g/mol. The van der Waals surface area contributed by atoms with E-state index in [9.17, 15) is 0 Å². The first kappa shape index (κ1) is 32.1. The lowest BCUT2D eigenvalue weighted by Crippen LogP contribution is -1.99.